The summed E-state index contributed by atoms with van der Waals surface area (Å²) in [6.07, 6.45) is 0. The molecule has 2 rings (SSSR count). The van der Waals surface area contributed by atoms with Crippen molar-refractivity contribution in [3.05, 3.63) is 35.1 Å². The molecule has 0 unspecified atom stereocenters. The summed E-state index contributed by atoms with van der Waals surface area (Å²) in [5.41, 5.74) is 7.40. The van der Waals surface area contributed by atoms with Gasteiger partial charge in [-0.25, -0.2) is 9.49 Å². The zero-order chi connectivity index (χ0) is 11.5. The predicted octanol–water partition coefficient (Wildman–Crippen LogP) is 2.13. The van der Waals surface area contributed by atoms with Gasteiger partial charge in [0.25, 0.3) is 0 Å². The van der Waals surface area contributed by atoms with Gasteiger partial charge in [-0.1, -0.05) is 17.8 Å². The SMILES string of the molecule is Cc1cc(F)ccc1CSc1n[nH]c(N)n1. The molecule has 0 spiro atoms. The largest absolute Gasteiger partial charge is 0.368 e. The second kappa shape index (κ2) is 4.52. The van der Waals surface area contributed by atoms with E-state index in [1.54, 1.807) is 6.07 Å². The van der Waals surface area contributed by atoms with Gasteiger partial charge in [-0.2, -0.15) is 4.98 Å². The van der Waals surface area contributed by atoms with Crippen LogP contribution in [0.2, 0.25) is 0 Å². The van der Waals surface area contributed by atoms with Crippen molar-refractivity contribution in [3.8, 4) is 0 Å². The number of hydrogen-bond donors (Lipinski definition) is 2. The highest BCUT2D eigenvalue weighted by molar-refractivity contribution is 7.98. The van der Waals surface area contributed by atoms with E-state index < -0.39 is 0 Å². The van der Waals surface area contributed by atoms with Crippen LogP contribution in [0.1, 0.15) is 11.1 Å². The molecule has 0 amide bonds. The third kappa shape index (κ3) is 2.52. The van der Waals surface area contributed by atoms with Gasteiger partial charge in [0.2, 0.25) is 11.1 Å². The topological polar surface area (TPSA) is 67.6 Å². The maximum atomic E-state index is 12.9. The Balaban J connectivity index is 2.04. The highest BCUT2D eigenvalue weighted by atomic mass is 32.2. The summed E-state index contributed by atoms with van der Waals surface area (Å²) in [6.45, 7) is 1.88. The molecule has 6 heteroatoms. The molecule has 3 N–H and O–H groups in total. The highest BCUT2D eigenvalue weighted by Crippen LogP contribution is 2.21. The van der Waals surface area contributed by atoms with Crippen molar-refractivity contribution in [1.82, 2.24) is 15.2 Å². The molecule has 0 bridgehead atoms. The Bertz CT molecular complexity index is 497. The fraction of sp³-hybridized carbons (Fsp3) is 0.200. The van der Waals surface area contributed by atoms with E-state index in [1.165, 1.54) is 23.9 Å². The zero-order valence-electron chi connectivity index (χ0n) is 8.70. The average Bonchev–Trinajstić information content (AvgIpc) is 2.63. The normalized spacial score (nSPS) is 10.6. The van der Waals surface area contributed by atoms with Crippen molar-refractivity contribution < 1.29 is 4.39 Å². The molecular formula is C10H11FN4S. The minimum absolute atomic E-state index is 0.214. The molecule has 0 saturated carbocycles. The molecule has 0 saturated heterocycles. The number of rotatable bonds is 3. The van der Waals surface area contributed by atoms with Crippen LogP contribution in [0.25, 0.3) is 0 Å². The number of H-pyrrole nitrogens is 1. The molecule has 84 valence electrons. The number of nitrogens with one attached hydrogen (secondary N) is 1. The van der Waals surface area contributed by atoms with E-state index in [-0.39, 0.29) is 5.82 Å². The van der Waals surface area contributed by atoms with Crippen molar-refractivity contribution >= 4 is 17.7 Å². The molecule has 1 aromatic carbocycles. The van der Waals surface area contributed by atoms with Gasteiger partial charge in [-0.05, 0) is 30.2 Å². The standard InChI is InChI=1S/C10H11FN4S/c1-6-4-8(11)3-2-7(6)5-16-10-13-9(12)14-15-10/h2-4H,5H2,1H3,(H3,12,13,14,15). The molecule has 16 heavy (non-hydrogen) atoms. The van der Waals surface area contributed by atoms with Gasteiger partial charge in [-0.3, -0.25) is 0 Å². The monoisotopic (exact) mass is 238 g/mol. The van der Waals surface area contributed by atoms with Gasteiger partial charge in [0.15, 0.2) is 0 Å². The van der Waals surface area contributed by atoms with Crippen LogP contribution in [0, 0.1) is 12.7 Å². The first-order chi connectivity index (χ1) is 7.65. The quantitative estimate of drug-likeness (QED) is 0.804. The number of nitrogen functional groups attached to an aromatic ring is 1. The zero-order valence-corrected chi connectivity index (χ0v) is 9.51. The molecule has 0 aliphatic rings. The van der Waals surface area contributed by atoms with Crippen LogP contribution in [0.5, 0.6) is 0 Å². The van der Waals surface area contributed by atoms with E-state index in [0.717, 1.165) is 11.1 Å². The van der Waals surface area contributed by atoms with E-state index in [9.17, 15) is 4.39 Å². The summed E-state index contributed by atoms with van der Waals surface area (Å²) in [7, 11) is 0. The third-order valence-electron chi connectivity index (χ3n) is 2.14. The lowest BCUT2D eigenvalue weighted by Crippen LogP contribution is -1.88. The first-order valence-corrected chi connectivity index (χ1v) is 5.69. The number of aromatic amines is 1. The lowest BCUT2D eigenvalue weighted by Gasteiger charge is -2.03. The van der Waals surface area contributed by atoms with Crippen LogP contribution in [-0.2, 0) is 5.75 Å². The molecule has 0 fully saturated rings. The Labute approximate surface area is 96.5 Å². The summed E-state index contributed by atoms with van der Waals surface area (Å²) in [5, 5.41) is 7.07. The van der Waals surface area contributed by atoms with Crippen LogP contribution in [0.15, 0.2) is 23.4 Å². The molecule has 2 aromatic rings. The molecule has 4 nitrogen and oxygen atoms in total. The summed E-state index contributed by atoms with van der Waals surface area (Å²) < 4.78 is 12.9. The van der Waals surface area contributed by atoms with Crippen LogP contribution in [0.3, 0.4) is 0 Å². The first kappa shape index (κ1) is 10.9. The van der Waals surface area contributed by atoms with Gasteiger partial charge in [0, 0.05) is 5.75 Å². The number of aryl methyl sites for hydroxylation is 1. The average molecular weight is 238 g/mol. The van der Waals surface area contributed by atoms with Gasteiger partial charge in [0.05, 0.1) is 0 Å². The molecule has 0 aliphatic carbocycles. The molecule has 0 atom stereocenters. The van der Waals surface area contributed by atoms with E-state index in [1.807, 2.05) is 6.92 Å². The Hall–Kier alpha value is -1.56. The lowest BCUT2D eigenvalue weighted by molar-refractivity contribution is 0.626. The van der Waals surface area contributed by atoms with Crippen LogP contribution >= 0.6 is 11.8 Å². The van der Waals surface area contributed by atoms with E-state index in [0.29, 0.717) is 16.9 Å². The number of thioether (sulfide) groups is 1. The predicted molar refractivity (Wildman–Crippen MR) is 61.5 cm³/mol. The van der Waals surface area contributed by atoms with Gasteiger partial charge in [0.1, 0.15) is 5.82 Å². The minimum atomic E-state index is -0.214. The van der Waals surface area contributed by atoms with Crippen LogP contribution in [0.4, 0.5) is 10.3 Å². The Morgan fingerprint density at radius 3 is 2.94 bits per heavy atom. The first-order valence-electron chi connectivity index (χ1n) is 4.71. The molecule has 1 aromatic heterocycles. The smallest absolute Gasteiger partial charge is 0.216 e. The van der Waals surface area contributed by atoms with Gasteiger partial charge < -0.3 is 5.73 Å². The molecule has 1 heterocycles. The maximum absolute atomic E-state index is 12.9. The number of halogens is 1. The third-order valence-corrected chi connectivity index (χ3v) is 3.04. The number of benzene rings is 1. The summed E-state index contributed by atoms with van der Waals surface area (Å²) in [4.78, 5) is 3.97. The fourth-order valence-electron chi connectivity index (χ4n) is 1.29. The van der Waals surface area contributed by atoms with Crippen molar-refractivity contribution in [2.75, 3.05) is 5.73 Å². The van der Waals surface area contributed by atoms with E-state index in [4.69, 9.17) is 5.73 Å². The molecule has 0 aliphatic heterocycles. The molecule has 0 radical (unpaired) electrons. The van der Waals surface area contributed by atoms with E-state index in [2.05, 4.69) is 15.2 Å². The number of aromatic nitrogens is 3. The highest BCUT2D eigenvalue weighted by Gasteiger charge is 2.04. The van der Waals surface area contributed by atoms with E-state index >= 15 is 0 Å². The summed E-state index contributed by atoms with van der Waals surface area (Å²) in [5.74, 6) is 0.787. The number of nitrogens with two attached hydrogens (primary N) is 1. The lowest BCUT2D eigenvalue weighted by atomic mass is 10.1. The summed E-state index contributed by atoms with van der Waals surface area (Å²) in [6, 6.07) is 4.74. The Kier molecular flexibility index (Phi) is 3.09. The maximum Gasteiger partial charge on any atom is 0.216 e. The van der Waals surface area contributed by atoms with Crippen LogP contribution < -0.4 is 5.73 Å². The number of anilines is 1. The van der Waals surface area contributed by atoms with Crippen molar-refractivity contribution in [1.29, 1.82) is 0 Å². The van der Waals surface area contributed by atoms with Crippen LogP contribution in [-0.4, -0.2) is 15.2 Å². The number of hydrogen-bond acceptors (Lipinski definition) is 4. The second-order valence-corrected chi connectivity index (χ2v) is 4.31. The van der Waals surface area contributed by atoms with Crippen molar-refractivity contribution in [3.63, 3.8) is 0 Å². The van der Waals surface area contributed by atoms with Crippen molar-refractivity contribution in [2.45, 2.75) is 17.8 Å². The Morgan fingerprint density at radius 1 is 1.50 bits per heavy atom. The second-order valence-electron chi connectivity index (χ2n) is 3.36. The van der Waals surface area contributed by atoms with Crippen molar-refractivity contribution in [2.24, 2.45) is 0 Å². The van der Waals surface area contributed by atoms with Gasteiger partial charge in [-0.15, -0.1) is 5.10 Å². The fourth-order valence-corrected chi connectivity index (χ4v) is 2.17. The summed E-state index contributed by atoms with van der Waals surface area (Å²) >= 11 is 1.46. The molecular weight excluding hydrogens is 227 g/mol. The Morgan fingerprint density at radius 2 is 2.31 bits per heavy atom. The number of nitrogens with zero attached hydrogens (tertiary/aromatic N) is 2. The van der Waals surface area contributed by atoms with Gasteiger partial charge >= 0.3 is 0 Å². The minimum Gasteiger partial charge on any atom is -0.368 e.